The van der Waals surface area contributed by atoms with Gasteiger partial charge >= 0.3 is 0 Å². The van der Waals surface area contributed by atoms with Crippen LogP contribution in [0.3, 0.4) is 0 Å². The number of rotatable bonds is 4. The van der Waals surface area contributed by atoms with Gasteiger partial charge in [-0.1, -0.05) is 30.3 Å². The zero-order valence-corrected chi connectivity index (χ0v) is 17.1. The lowest BCUT2D eigenvalue weighted by molar-refractivity contribution is -0.688. The molecule has 0 unspecified atom stereocenters. The van der Waals surface area contributed by atoms with Crippen molar-refractivity contribution in [3.63, 3.8) is 0 Å². The lowest BCUT2D eigenvalue weighted by Crippen LogP contribution is -3.00. The normalized spacial score (nSPS) is 9.62. The van der Waals surface area contributed by atoms with Gasteiger partial charge in [0.25, 0.3) is 0 Å². The molecule has 5 heteroatoms. The first kappa shape index (κ1) is 22.1. The van der Waals surface area contributed by atoms with Gasteiger partial charge in [0, 0.05) is 42.0 Å². The number of nitrogens with zero attached hydrogens (tertiary/aromatic N) is 3. The highest BCUT2D eigenvalue weighted by atomic mass is 35.5. The molecule has 0 bridgehead atoms. The van der Waals surface area contributed by atoms with Crippen molar-refractivity contribution < 1.29 is 33.9 Å². The zero-order chi connectivity index (χ0) is 18.5. The second-order valence-corrected chi connectivity index (χ2v) is 6.40. The van der Waals surface area contributed by atoms with E-state index in [1.54, 1.807) is 0 Å². The van der Waals surface area contributed by atoms with Crippen molar-refractivity contribution in [2.45, 2.75) is 6.54 Å². The maximum atomic E-state index is 8.91. The Morgan fingerprint density at radius 1 is 0.655 bits per heavy atom. The molecule has 29 heavy (non-hydrogen) atoms. The Labute approximate surface area is 183 Å². The standard InChI is InChI=1S/C24H19N3.2ClH/c25-18-20-6-8-24(9-7-20)27-16-12-23(13-17-27)22-10-14-26(15-11-22)19-21-4-2-1-3-5-21;;/h1-17H,19H2;2*1H/q+2;;/p-2. The number of benzene rings is 2. The Morgan fingerprint density at radius 2 is 1.21 bits per heavy atom. The predicted molar refractivity (Wildman–Crippen MR) is 104 cm³/mol. The molecule has 0 aliphatic heterocycles. The minimum atomic E-state index is 0. The second kappa shape index (κ2) is 10.4. The summed E-state index contributed by atoms with van der Waals surface area (Å²) in [5, 5.41) is 8.91. The molecule has 2 heterocycles. The van der Waals surface area contributed by atoms with Gasteiger partial charge in [-0.15, -0.1) is 0 Å². The van der Waals surface area contributed by atoms with E-state index in [1.807, 2.05) is 47.3 Å². The summed E-state index contributed by atoms with van der Waals surface area (Å²) in [6.07, 6.45) is 8.32. The van der Waals surface area contributed by atoms with Gasteiger partial charge in [0.1, 0.15) is 0 Å². The average Bonchev–Trinajstić information content (AvgIpc) is 2.75. The van der Waals surface area contributed by atoms with Crippen LogP contribution in [0.15, 0.2) is 104 Å². The number of hydrogen-bond donors (Lipinski definition) is 0. The molecule has 2 aromatic carbocycles. The average molecular weight is 420 g/mol. The summed E-state index contributed by atoms with van der Waals surface area (Å²) in [5.41, 5.74) is 5.36. The van der Waals surface area contributed by atoms with E-state index < -0.39 is 0 Å². The minimum absolute atomic E-state index is 0. The fourth-order valence-electron chi connectivity index (χ4n) is 3.05. The van der Waals surface area contributed by atoms with E-state index in [1.165, 1.54) is 16.7 Å². The summed E-state index contributed by atoms with van der Waals surface area (Å²) in [7, 11) is 0. The first-order chi connectivity index (χ1) is 13.3. The van der Waals surface area contributed by atoms with Gasteiger partial charge in [-0.3, -0.25) is 0 Å². The lowest BCUT2D eigenvalue weighted by Gasteiger charge is -2.02. The Balaban J connectivity index is 0.00000150. The van der Waals surface area contributed by atoms with Crippen molar-refractivity contribution in [3.8, 4) is 22.9 Å². The first-order valence-electron chi connectivity index (χ1n) is 8.87. The molecule has 2 aromatic heterocycles. The van der Waals surface area contributed by atoms with Crippen LogP contribution in [0.5, 0.6) is 0 Å². The summed E-state index contributed by atoms with van der Waals surface area (Å²) < 4.78 is 4.22. The molecule has 0 spiro atoms. The third-order valence-corrected chi connectivity index (χ3v) is 4.56. The van der Waals surface area contributed by atoms with E-state index in [0.717, 1.165) is 12.2 Å². The maximum absolute atomic E-state index is 8.91. The van der Waals surface area contributed by atoms with Crippen LogP contribution in [-0.4, -0.2) is 0 Å². The summed E-state index contributed by atoms with van der Waals surface area (Å²) in [4.78, 5) is 0. The van der Waals surface area contributed by atoms with Crippen molar-refractivity contribution in [1.29, 1.82) is 5.26 Å². The molecule has 0 aliphatic rings. The first-order valence-corrected chi connectivity index (χ1v) is 8.87. The van der Waals surface area contributed by atoms with E-state index in [-0.39, 0.29) is 24.8 Å². The third-order valence-electron chi connectivity index (χ3n) is 4.56. The van der Waals surface area contributed by atoms with Crippen LogP contribution >= 0.6 is 0 Å². The number of nitriles is 1. The van der Waals surface area contributed by atoms with E-state index >= 15 is 0 Å². The number of aromatic nitrogens is 2. The number of halogens is 2. The Morgan fingerprint density at radius 3 is 1.76 bits per heavy atom. The molecule has 0 saturated heterocycles. The molecule has 0 amide bonds. The van der Waals surface area contributed by atoms with Crippen LogP contribution in [0.4, 0.5) is 0 Å². The Kier molecular flexibility index (Phi) is 7.91. The molecule has 0 atom stereocenters. The van der Waals surface area contributed by atoms with Gasteiger partial charge in [0.05, 0.1) is 11.6 Å². The number of pyridine rings is 2. The quantitative estimate of drug-likeness (QED) is 0.347. The summed E-state index contributed by atoms with van der Waals surface area (Å²) in [5.74, 6) is 0. The summed E-state index contributed by atoms with van der Waals surface area (Å²) in [6.45, 7) is 0.870. The molecule has 4 aromatic rings. The third kappa shape index (κ3) is 5.42. The van der Waals surface area contributed by atoms with Crippen LogP contribution in [0, 0.1) is 11.3 Å². The molecular formula is C24H19Cl2N3. The zero-order valence-electron chi connectivity index (χ0n) is 15.6. The van der Waals surface area contributed by atoms with Gasteiger partial charge in [0.15, 0.2) is 31.3 Å². The van der Waals surface area contributed by atoms with Crippen molar-refractivity contribution in [1.82, 2.24) is 0 Å². The monoisotopic (exact) mass is 419 g/mol. The highest BCUT2D eigenvalue weighted by Crippen LogP contribution is 2.16. The van der Waals surface area contributed by atoms with Gasteiger partial charge in [-0.25, -0.2) is 4.57 Å². The fourth-order valence-corrected chi connectivity index (χ4v) is 3.05. The topological polar surface area (TPSA) is 31.5 Å². The van der Waals surface area contributed by atoms with Crippen molar-refractivity contribution >= 4 is 0 Å². The molecular weight excluding hydrogens is 401 g/mol. The van der Waals surface area contributed by atoms with Crippen LogP contribution in [0.25, 0.3) is 16.8 Å². The molecule has 144 valence electrons. The van der Waals surface area contributed by atoms with Crippen molar-refractivity contribution in [2.24, 2.45) is 0 Å². The van der Waals surface area contributed by atoms with Gasteiger partial charge < -0.3 is 24.8 Å². The Hall–Kier alpha value is -3.19. The highest BCUT2D eigenvalue weighted by Gasteiger charge is 2.08. The van der Waals surface area contributed by atoms with E-state index in [4.69, 9.17) is 5.26 Å². The smallest absolute Gasteiger partial charge is 0.210 e. The van der Waals surface area contributed by atoms with Gasteiger partial charge in [-0.05, 0) is 23.3 Å². The summed E-state index contributed by atoms with van der Waals surface area (Å²) in [6, 6.07) is 28.7. The van der Waals surface area contributed by atoms with Crippen LogP contribution in [0.1, 0.15) is 11.1 Å². The molecule has 3 nitrogen and oxygen atoms in total. The van der Waals surface area contributed by atoms with Gasteiger partial charge in [-0.2, -0.15) is 9.83 Å². The largest absolute Gasteiger partial charge is 1.00 e. The van der Waals surface area contributed by atoms with Crippen LogP contribution in [0.2, 0.25) is 0 Å². The van der Waals surface area contributed by atoms with E-state index in [0.29, 0.717) is 5.56 Å². The minimum Gasteiger partial charge on any atom is -1.00 e. The lowest BCUT2D eigenvalue weighted by atomic mass is 10.1. The Bertz CT molecular complexity index is 1070. The van der Waals surface area contributed by atoms with E-state index in [2.05, 4.69) is 71.6 Å². The predicted octanol–water partition coefficient (Wildman–Crippen LogP) is -2.15. The maximum Gasteiger partial charge on any atom is 0.210 e. The van der Waals surface area contributed by atoms with E-state index in [9.17, 15) is 0 Å². The molecule has 0 saturated carbocycles. The number of hydrogen-bond acceptors (Lipinski definition) is 1. The second-order valence-electron chi connectivity index (χ2n) is 6.40. The summed E-state index contributed by atoms with van der Waals surface area (Å²) >= 11 is 0. The molecule has 0 aliphatic carbocycles. The van der Waals surface area contributed by atoms with Crippen LogP contribution < -0.4 is 33.9 Å². The molecule has 0 fully saturated rings. The van der Waals surface area contributed by atoms with Crippen molar-refractivity contribution in [3.05, 3.63) is 115 Å². The molecule has 0 N–H and O–H groups in total. The SMILES string of the molecule is N#Cc1ccc(-[n+]2ccc(-c3cc[n+](Cc4ccccc4)cc3)cc2)cc1.[Cl-].[Cl-]. The molecule has 0 radical (unpaired) electrons. The fraction of sp³-hybridized carbons (Fsp3) is 0.0417. The van der Waals surface area contributed by atoms with Crippen molar-refractivity contribution in [2.75, 3.05) is 0 Å². The molecule has 4 rings (SSSR count). The van der Waals surface area contributed by atoms with Crippen LogP contribution in [-0.2, 0) is 6.54 Å². The van der Waals surface area contributed by atoms with Gasteiger partial charge in [0.2, 0.25) is 5.69 Å². The highest BCUT2D eigenvalue weighted by molar-refractivity contribution is 5.61.